The largest absolute Gasteiger partial charge is 0.449 e. The van der Waals surface area contributed by atoms with Gasteiger partial charge in [-0.3, -0.25) is 0 Å². The Labute approximate surface area is 107 Å². The molecule has 1 amide bonds. The lowest BCUT2D eigenvalue weighted by Gasteiger charge is -2.13. The Balaban J connectivity index is 2.40. The molecular formula is C13H18N2O3. The van der Waals surface area contributed by atoms with Crippen LogP contribution in [0.15, 0.2) is 4.52 Å². The summed E-state index contributed by atoms with van der Waals surface area (Å²) in [4.78, 5) is 11.4. The van der Waals surface area contributed by atoms with E-state index in [0.717, 1.165) is 17.0 Å². The Morgan fingerprint density at radius 1 is 1.61 bits per heavy atom. The van der Waals surface area contributed by atoms with Crippen LogP contribution < -0.4 is 5.32 Å². The molecule has 0 aromatic carbocycles. The molecule has 1 rings (SSSR count). The predicted octanol–water partition coefficient (Wildman–Crippen LogP) is 1.97. The van der Waals surface area contributed by atoms with Crippen LogP contribution in [-0.2, 0) is 11.2 Å². The fourth-order valence-corrected chi connectivity index (χ4v) is 1.60. The molecule has 0 bridgehead atoms. The van der Waals surface area contributed by atoms with Gasteiger partial charge in [0.1, 0.15) is 12.4 Å². The van der Waals surface area contributed by atoms with Crippen LogP contribution >= 0.6 is 0 Å². The molecule has 5 nitrogen and oxygen atoms in total. The first kappa shape index (κ1) is 14.1. The summed E-state index contributed by atoms with van der Waals surface area (Å²) in [5.41, 5.74) is 1.87. The van der Waals surface area contributed by atoms with Crippen molar-refractivity contribution in [1.82, 2.24) is 10.5 Å². The van der Waals surface area contributed by atoms with Gasteiger partial charge in [-0.15, -0.1) is 12.3 Å². The normalized spacial score (nSPS) is 11.7. The summed E-state index contributed by atoms with van der Waals surface area (Å²) in [7, 11) is 0. The molecule has 0 saturated heterocycles. The third-order valence-electron chi connectivity index (χ3n) is 2.54. The molecule has 98 valence electrons. The van der Waals surface area contributed by atoms with E-state index in [-0.39, 0.29) is 12.6 Å². The summed E-state index contributed by atoms with van der Waals surface area (Å²) < 4.78 is 9.97. The number of alkyl carbamates (subject to hydrolysis) is 1. The minimum absolute atomic E-state index is 0.0554. The number of nitrogens with one attached hydrogen (secondary N) is 1. The maximum atomic E-state index is 11.4. The van der Waals surface area contributed by atoms with Gasteiger partial charge in [0.05, 0.1) is 5.69 Å². The highest BCUT2D eigenvalue weighted by Crippen LogP contribution is 2.14. The number of hydrogen-bond donors (Lipinski definition) is 1. The minimum Gasteiger partial charge on any atom is -0.449 e. The van der Waals surface area contributed by atoms with E-state index in [9.17, 15) is 4.79 Å². The first-order valence-electron chi connectivity index (χ1n) is 5.83. The first-order chi connectivity index (χ1) is 8.54. The fourth-order valence-electron chi connectivity index (χ4n) is 1.60. The molecular weight excluding hydrogens is 232 g/mol. The number of aryl methyl sites for hydroxylation is 2. The molecule has 0 aliphatic rings. The van der Waals surface area contributed by atoms with Crippen molar-refractivity contribution in [2.45, 2.75) is 39.7 Å². The van der Waals surface area contributed by atoms with E-state index in [1.165, 1.54) is 0 Å². The van der Waals surface area contributed by atoms with Crippen molar-refractivity contribution in [3.63, 3.8) is 0 Å². The lowest BCUT2D eigenvalue weighted by Crippen LogP contribution is -2.34. The molecule has 0 fully saturated rings. The Bertz CT molecular complexity index is 426. The molecule has 1 aromatic rings. The lowest BCUT2D eigenvalue weighted by molar-refractivity contribution is 0.145. The second-order valence-electron chi connectivity index (χ2n) is 4.14. The second-order valence-corrected chi connectivity index (χ2v) is 4.14. The van der Waals surface area contributed by atoms with Gasteiger partial charge in [-0.1, -0.05) is 5.16 Å². The summed E-state index contributed by atoms with van der Waals surface area (Å²) in [5.74, 6) is 3.18. The number of terminal acetylenes is 1. The van der Waals surface area contributed by atoms with Crippen LogP contribution in [0, 0.1) is 26.2 Å². The number of aromatic nitrogens is 1. The molecule has 0 radical (unpaired) electrons. The Hall–Kier alpha value is -1.96. The number of amides is 1. The standard InChI is InChI=1S/C13H18N2O3/c1-5-6-7-17-13(16)14-9(2)8-12-10(3)15-18-11(12)4/h1,9H,6-8H2,2-4H3,(H,14,16)/t9-/m0/s1. The van der Waals surface area contributed by atoms with E-state index in [2.05, 4.69) is 16.4 Å². The number of carbonyl (C=O) groups is 1. The zero-order valence-electron chi connectivity index (χ0n) is 10.9. The van der Waals surface area contributed by atoms with Crippen molar-refractivity contribution >= 4 is 6.09 Å². The van der Waals surface area contributed by atoms with Crippen LogP contribution in [-0.4, -0.2) is 23.9 Å². The third kappa shape index (κ3) is 4.13. The van der Waals surface area contributed by atoms with Crippen molar-refractivity contribution in [2.24, 2.45) is 0 Å². The number of rotatable bonds is 5. The van der Waals surface area contributed by atoms with Crippen molar-refractivity contribution < 1.29 is 14.1 Å². The molecule has 1 aromatic heterocycles. The first-order valence-corrected chi connectivity index (χ1v) is 5.83. The van der Waals surface area contributed by atoms with Crippen molar-refractivity contribution in [3.05, 3.63) is 17.0 Å². The topological polar surface area (TPSA) is 64.4 Å². The monoisotopic (exact) mass is 250 g/mol. The molecule has 1 N–H and O–H groups in total. The molecule has 0 saturated carbocycles. The zero-order chi connectivity index (χ0) is 13.5. The third-order valence-corrected chi connectivity index (χ3v) is 2.54. The van der Waals surface area contributed by atoms with E-state index in [0.29, 0.717) is 12.8 Å². The number of nitrogens with zero attached hydrogens (tertiary/aromatic N) is 1. The van der Waals surface area contributed by atoms with Crippen LogP contribution in [0.2, 0.25) is 0 Å². The molecule has 0 aliphatic heterocycles. The highest BCUT2D eigenvalue weighted by molar-refractivity contribution is 5.67. The molecule has 0 unspecified atom stereocenters. The van der Waals surface area contributed by atoms with Gasteiger partial charge in [0, 0.05) is 18.0 Å². The second kappa shape index (κ2) is 6.70. The highest BCUT2D eigenvalue weighted by atomic mass is 16.5. The van der Waals surface area contributed by atoms with E-state index >= 15 is 0 Å². The smallest absolute Gasteiger partial charge is 0.407 e. The van der Waals surface area contributed by atoms with Gasteiger partial charge in [-0.25, -0.2) is 4.79 Å². The van der Waals surface area contributed by atoms with Crippen molar-refractivity contribution in [2.75, 3.05) is 6.61 Å². The molecule has 5 heteroatoms. The van der Waals surface area contributed by atoms with Crippen LogP contribution in [0.5, 0.6) is 0 Å². The fraction of sp³-hybridized carbons (Fsp3) is 0.538. The highest BCUT2D eigenvalue weighted by Gasteiger charge is 2.14. The quantitative estimate of drug-likeness (QED) is 0.641. The van der Waals surface area contributed by atoms with Gasteiger partial charge < -0.3 is 14.6 Å². The van der Waals surface area contributed by atoms with Crippen molar-refractivity contribution in [3.8, 4) is 12.3 Å². The molecule has 1 atom stereocenters. The lowest BCUT2D eigenvalue weighted by atomic mass is 10.1. The zero-order valence-corrected chi connectivity index (χ0v) is 10.9. The average Bonchev–Trinajstić information content (AvgIpc) is 2.61. The van der Waals surface area contributed by atoms with Gasteiger partial charge >= 0.3 is 6.09 Å². The predicted molar refractivity (Wildman–Crippen MR) is 67.1 cm³/mol. The average molecular weight is 250 g/mol. The molecule has 18 heavy (non-hydrogen) atoms. The van der Waals surface area contributed by atoms with Gasteiger partial charge in [0.15, 0.2) is 0 Å². The maximum absolute atomic E-state index is 11.4. The van der Waals surface area contributed by atoms with Gasteiger partial charge in [-0.05, 0) is 27.2 Å². The van der Waals surface area contributed by atoms with Crippen LogP contribution in [0.4, 0.5) is 4.79 Å². The Morgan fingerprint density at radius 3 is 2.89 bits per heavy atom. The van der Waals surface area contributed by atoms with Crippen LogP contribution in [0.3, 0.4) is 0 Å². The van der Waals surface area contributed by atoms with E-state index in [1.54, 1.807) is 0 Å². The SMILES string of the molecule is C#CCCOC(=O)N[C@@H](C)Cc1c(C)noc1C. The Kier molecular flexibility index (Phi) is 5.25. The summed E-state index contributed by atoms with van der Waals surface area (Å²) in [6.45, 7) is 5.87. The molecule has 0 spiro atoms. The van der Waals surface area contributed by atoms with Gasteiger partial charge in [0.25, 0.3) is 0 Å². The van der Waals surface area contributed by atoms with E-state index in [1.807, 2.05) is 20.8 Å². The van der Waals surface area contributed by atoms with Crippen LogP contribution in [0.1, 0.15) is 30.4 Å². The summed E-state index contributed by atoms with van der Waals surface area (Å²) >= 11 is 0. The number of ether oxygens (including phenoxy) is 1. The summed E-state index contributed by atoms with van der Waals surface area (Å²) in [6, 6.07) is -0.0554. The summed E-state index contributed by atoms with van der Waals surface area (Å²) in [5, 5.41) is 6.60. The van der Waals surface area contributed by atoms with Gasteiger partial charge in [-0.2, -0.15) is 0 Å². The van der Waals surface area contributed by atoms with Crippen LogP contribution in [0.25, 0.3) is 0 Å². The van der Waals surface area contributed by atoms with E-state index < -0.39 is 6.09 Å². The van der Waals surface area contributed by atoms with Crippen molar-refractivity contribution in [1.29, 1.82) is 0 Å². The van der Waals surface area contributed by atoms with Gasteiger partial charge in [0.2, 0.25) is 0 Å². The molecule has 0 aliphatic carbocycles. The Morgan fingerprint density at radius 2 is 2.33 bits per heavy atom. The summed E-state index contributed by atoms with van der Waals surface area (Å²) in [6.07, 6.45) is 5.69. The number of hydrogen-bond acceptors (Lipinski definition) is 4. The minimum atomic E-state index is -0.454. The van der Waals surface area contributed by atoms with E-state index in [4.69, 9.17) is 15.7 Å². The maximum Gasteiger partial charge on any atom is 0.407 e. The molecule has 1 heterocycles. The number of carbonyl (C=O) groups excluding carboxylic acids is 1.